The van der Waals surface area contributed by atoms with E-state index < -0.39 is 0 Å². The largest absolute Gasteiger partial charge is 0.496 e. The average Bonchev–Trinajstić information content (AvgIpc) is 2.70. The van der Waals surface area contributed by atoms with E-state index in [0.717, 1.165) is 71.8 Å². The van der Waals surface area contributed by atoms with Gasteiger partial charge in [0.2, 0.25) is 0 Å². The average molecular weight is 376 g/mol. The monoisotopic (exact) mass is 376 g/mol. The molecule has 5 heteroatoms. The number of benzene rings is 2. The van der Waals surface area contributed by atoms with Gasteiger partial charge in [0.05, 0.1) is 39.2 Å². The lowest BCUT2D eigenvalue weighted by molar-refractivity contribution is 0.112. The molecule has 0 aliphatic heterocycles. The molecule has 0 radical (unpaired) electrons. The van der Waals surface area contributed by atoms with Gasteiger partial charge in [-0.2, -0.15) is 0 Å². The number of rotatable bonds is 11. The zero-order valence-electron chi connectivity index (χ0n) is 17.4. The van der Waals surface area contributed by atoms with Crippen LogP contribution in [0.1, 0.15) is 32.3 Å². The summed E-state index contributed by atoms with van der Waals surface area (Å²) in [6, 6.07) is 5.84. The van der Waals surface area contributed by atoms with Gasteiger partial charge in [0.15, 0.2) is 0 Å². The third-order valence-corrected chi connectivity index (χ3v) is 4.81. The van der Waals surface area contributed by atoms with Crippen molar-refractivity contribution in [1.82, 2.24) is 0 Å². The van der Waals surface area contributed by atoms with Gasteiger partial charge < -0.3 is 23.7 Å². The maximum Gasteiger partial charge on any atom is 0.134 e. The van der Waals surface area contributed by atoms with Gasteiger partial charge in [0.1, 0.15) is 23.0 Å². The maximum absolute atomic E-state index is 5.81. The molecular weight excluding hydrogens is 344 g/mol. The van der Waals surface area contributed by atoms with E-state index in [2.05, 4.69) is 13.0 Å². The van der Waals surface area contributed by atoms with Gasteiger partial charge in [0.25, 0.3) is 0 Å². The molecule has 0 fully saturated rings. The molecule has 0 saturated carbocycles. The van der Waals surface area contributed by atoms with Crippen molar-refractivity contribution in [2.45, 2.75) is 33.1 Å². The molecule has 2 aromatic rings. The lowest BCUT2D eigenvalue weighted by atomic mass is 9.97. The van der Waals surface area contributed by atoms with Crippen LogP contribution in [0.3, 0.4) is 0 Å². The van der Waals surface area contributed by atoms with Gasteiger partial charge in [-0.25, -0.2) is 0 Å². The highest BCUT2D eigenvalue weighted by Gasteiger charge is 2.20. The summed E-state index contributed by atoms with van der Waals surface area (Å²) >= 11 is 0. The molecule has 0 aromatic heterocycles. The normalized spacial score (nSPS) is 12.1. The Labute approximate surface area is 162 Å². The van der Waals surface area contributed by atoms with Crippen molar-refractivity contribution in [2.24, 2.45) is 5.92 Å². The Morgan fingerprint density at radius 2 is 1.48 bits per heavy atom. The van der Waals surface area contributed by atoms with Crippen LogP contribution in [0.25, 0.3) is 10.8 Å². The Balaban J connectivity index is 2.42. The molecule has 2 rings (SSSR count). The number of hydrogen-bond donors (Lipinski definition) is 0. The second kappa shape index (κ2) is 10.3. The van der Waals surface area contributed by atoms with Gasteiger partial charge in [-0.1, -0.05) is 6.92 Å². The first-order valence-corrected chi connectivity index (χ1v) is 9.47. The van der Waals surface area contributed by atoms with E-state index in [0.29, 0.717) is 5.92 Å². The predicted molar refractivity (Wildman–Crippen MR) is 109 cm³/mol. The minimum absolute atomic E-state index is 0.535. The van der Waals surface area contributed by atoms with Crippen LogP contribution in [0.2, 0.25) is 0 Å². The first kappa shape index (κ1) is 21.2. The van der Waals surface area contributed by atoms with Crippen LogP contribution >= 0.6 is 0 Å². The van der Waals surface area contributed by atoms with E-state index in [4.69, 9.17) is 23.7 Å². The zero-order chi connectivity index (χ0) is 19.8. The Hall–Kier alpha value is -2.14. The van der Waals surface area contributed by atoms with Crippen LogP contribution in [0.5, 0.6) is 23.0 Å². The number of methoxy groups -OCH3 is 4. The molecule has 0 N–H and O–H groups in total. The van der Waals surface area contributed by atoms with E-state index in [1.807, 2.05) is 19.1 Å². The summed E-state index contributed by atoms with van der Waals surface area (Å²) in [4.78, 5) is 0. The molecule has 150 valence electrons. The van der Waals surface area contributed by atoms with Crippen LogP contribution in [0.4, 0.5) is 0 Å². The molecule has 0 aliphatic rings. The summed E-state index contributed by atoms with van der Waals surface area (Å²) in [5.74, 6) is 3.59. The molecule has 0 bridgehead atoms. The number of aryl methyl sites for hydroxylation is 1. The Bertz CT molecular complexity index is 741. The highest BCUT2D eigenvalue weighted by Crippen LogP contribution is 2.46. The minimum atomic E-state index is 0.535. The van der Waals surface area contributed by atoms with Crippen molar-refractivity contribution in [1.29, 1.82) is 0 Å². The highest BCUT2D eigenvalue weighted by atomic mass is 16.5. The molecule has 5 nitrogen and oxygen atoms in total. The van der Waals surface area contributed by atoms with Gasteiger partial charge in [-0.15, -0.1) is 0 Å². The van der Waals surface area contributed by atoms with Crippen molar-refractivity contribution >= 4 is 10.8 Å². The predicted octanol–water partition coefficient (Wildman–Crippen LogP) is 4.87. The van der Waals surface area contributed by atoms with Gasteiger partial charge in [-0.3, -0.25) is 0 Å². The van der Waals surface area contributed by atoms with E-state index >= 15 is 0 Å². The SMILES string of the molecule is CCOCC(C)CCCc1cc(OC)c2c(OC)ccc(OC)c2c1OC. The number of fused-ring (bicyclic) bond motifs is 1. The second-order valence-electron chi connectivity index (χ2n) is 6.65. The molecule has 0 heterocycles. The lowest BCUT2D eigenvalue weighted by Gasteiger charge is -2.19. The molecule has 0 amide bonds. The fourth-order valence-electron chi connectivity index (χ4n) is 3.45. The van der Waals surface area contributed by atoms with Crippen LogP contribution in [0.15, 0.2) is 18.2 Å². The smallest absolute Gasteiger partial charge is 0.134 e. The first-order chi connectivity index (χ1) is 13.1. The van der Waals surface area contributed by atoms with Gasteiger partial charge >= 0.3 is 0 Å². The Kier molecular flexibility index (Phi) is 8.04. The van der Waals surface area contributed by atoms with E-state index in [1.54, 1.807) is 28.4 Å². The van der Waals surface area contributed by atoms with Crippen molar-refractivity contribution in [3.63, 3.8) is 0 Å². The lowest BCUT2D eigenvalue weighted by Crippen LogP contribution is -2.06. The van der Waals surface area contributed by atoms with Gasteiger partial charge in [0, 0.05) is 13.2 Å². The summed E-state index contributed by atoms with van der Waals surface area (Å²) < 4.78 is 28.2. The Morgan fingerprint density at radius 3 is 2.04 bits per heavy atom. The molecule has 1 atom stereocenters. The number of ether oxygens (including phenoxy) is 5. The van der Waals surface area contributed by atoms with Crippen LogP contribution < -0.4 is 18.9 Å². The maximum atomic E-state index is 5.81. The molecular formula is C22H32O5. The molecule has 0 saturated heterocycles. The van der Waals surface area contributed by atoms with Crippen LogP contribution in [-0.2, 0) is 11.2 Å². The Morgan fingerprint density at radius 1 is 0.852 bits per heavy atom. The fourth-order valence-corrected chi connectivity index (χ4v) is 3.45. The summed E-state index contributed by atoms with van der Waals surface area (Å²) in [6.45, 7) is 5.82. The fraction of sp³-hybridized carbons (Fsp3) is 0.545. The molecule has 2 aromatic carbocycles. The molecule has 1 unspecified atom stereocenters. The third-order valence-electron chi connectivity index (χ3n) is 4.81. The third kappa shape index (κ3) is 4.78. The zero-order valence-corrected chi connectivity index (χ0v) is 17.4. The van der Waals surface area contributed by atoms with E-state index in [-0.39, 0.29) is 0 Å². The van der Waals surface area contributed by atoms with Crippen molar-refractivity contribution in [3.8, 4) is 23.0 Å². The second-order valence-corrected chi connectivity index (χ2v) is 6.65. The molecule has 0 aliphatic carbocycles. The quantitative estimate of drug-likeness (QED) is 0.560. The van der Waals surface area contributed by atoms with Crippen LogP contribution in [-0.4, -0.2) is 41.7 Å². The van der Waals surface area contributed by atoms with Crippen molar-refractivity contribution < 1.29 is 23.7 Å². The summed E-state index contributed by atoms with van der Waals surface area (Å²) in [6.07, 6.45) is 3.04. The van der Waals surface area contributed by atoms with E-state index in [1.165, 1.54) is 0 Å². The van der Waals surface area contributed by atoms with Crippen LogP contribution in [0, 0.1) is 5.92 Å². The topological polar surface area (TPSA) is 46.2 Å². The van der Waals surface area contributed by atoms with Crippen molar-refractivity contribution in [3.05, 3.63) is 23.8 Å². The van der Waals surface area contributed by atoms with Crippen molar-refractivity contribution in [2.75, 3.05) is 41.7 Å². The number of hydrogen-bond acceptors (Lipinski definition) is 5. The summed E-state index contributed by atoms with van der Waals surface area (Å²) in [5.41, 5.74) is 1.11. The highest BCUT2D eigenvalue weighted by molar-refractivity contribution is 6.03. The first-order valence-electron chi connectivity index (χ1n) is 9.47. The standard InChI is InChI=1S/C22H32O5/c1-7-27-14-15(2)9-8-10-16-13-19(25-5)20-17(23-3)11-12-18(24-4)21(20)22(16)26-6/h11-13,15H,7-10,14H2,1-6H3. The van der Waals surface area contributed by atoms with Gasteiger partial charge in [-0.05, 0) is 55.9 Å². The van der Waals surface area contributed by atoms with E-state index in [9.17, 15) is 0 Å². The minimum Gasteiger partial charge on any atom is -0.496 e. The molecule has 27 heavy (non-hydrogen) atoms. The summed E-state index contributed by atoms with van der Waals surface area (Å²) in [5, 5.41) is 1.75. The summed E-state index contributed by atoms with van der Waals surface area (Å²) in [7, 11) is 6.69. The molecule has 0 spiro atoms.